The van der Waals surface area contributed by atoms with Crippen LogP contribution in [0.1, 0.15) is 31.4 Å². The number of hydrogen-bond donors (Lipinski definition) is 1. The van der Waals surface area contributed by atoms with Crippen molar-refractivity contribution in [1.82, 2.24) is 14.8 Å². The van der Waals surface area contributed by atoms with Gasteiger partial charge in [-0.3, -0.25) is 4.98 Å². The first-order chi connectivity index (χ1) is 9.65. The van der Waals surface area contributed by atoms with Gasteiger partial charge in [-0.25, -0.2) is 9.59 Å². The first-order valence-electron chi connectivity index (χ1n) is 6.05. The SMILES string of the molecule is CC(C)(C)OC(=O)c1nn(-c2cc(Cl)cc(Cl)c2)c(=O)[nH]1. The fraction of sp³-hybridized carbons (Fsp3) is 0.308. The van der Waals surface area contributed by atoms with Crippen LogP contribution in [0, 0.1) is 0 Å². The Morgan fingerprint density at radius 2 is 1.81 bits per heavy atom. The third-order valence-electron chi connectivity index (χ3n) is 2.30. The van der Waals surface area contributed by atoms with Crippen LogP contribution in [-0.2, 0) is 4.74 Å². The average Bonchev–Trinajstić information content (AvgIpc) is 2.68. The van der Waals surface area contributed by atoms with Gasteiger partial charge in [-0.15, -0.1) is 5.10 Å². The number of nitrogens with zero attached hydrogens (tertiary/aromatic N) is 2. The molecule has 0 aliphatic heterocycles. The summed E-state index contributed by atoms with van der Waals surface area (Å²) in [4.78, 5) is 26.1. The number of esters is 1. The number of aromatic nitrogens is 3. The van der Waals surface area contributed by atoms with Crippen molar-refractivity contribution in [3.8, 4) is 5.69 Å². The van der Waals surface area contributed by atoms with Gasteiger partial charge in [0.1, 0.15) is 5.60 Å². The molecule has 1 aromatic heterocycles. The summed E-state index contributed by atoms with van der Waals surface area (Å²) in [5.41, 5.74) is -0.922. The number of halogens is 2. The van der Waals surface area contributed by atoms with Crippen LogP contribution in [0.15, 0.2) is 23.0 Å². The number of H-pyrrole nitrogens is 1. The Bertz CT molecular complexity index is 724. The maximum Gasteiger partial charge on any atom is 0.376 e. The zero-order chi connectivity index (χ0) is 15.8. The predicted molar refractivity (Wildman–Crippen MR) is 79.4 cm³/mol. The second-order valence-electron chi connectivity index (χ2n) is 5.32. The topological polar surface area (TPSA) is 77.0 Å². The number of nitrogens with one attached hydrogen (secondary N) is 1. The van der Waals surface area contributed by atoms with E-state index in [1.807, 2.05) is 0 Å². The molecule has 0 saturated heterocycles. The summed E-state index contributed by atoms with van der Waals surface area (Å²) in [6, 6.07) is 4.54. The Labute approximate surface area is 130 Å². The molecule has 0 saturated carbocycles. The molecule has 112 valence electrons. The largest absolute Gasteiger partial charge is 0.454 e. The van der Waals surface area contributed by atoms with E-state index in [1.54, 1.807) is 20.8 Å². The molecule has 0 atom stereocenters. The van der Waals surface area contributed by atoms with E-state index in [1.165, 1.54) is 18.2 Å². The molecule has 0 aliphatic rings. The van der Waals surface area contributed by atoms with E-state index in [0.717, 1.165) is 4.68 Å². The van der Waals surface area contributed by atoms with Crippen molar-refractivity contribution in [3.63, 3.8) is 0 Å². The first kappa shape index (κ1) is 15.6. The zero-order valence-corrected chi connectivity index (χ0v) is 13.1. The van der Waals surface area contributed by atoms with Crippen molar-refractivity contribution in [2.24, 2.45) is 0 Å². The third kappa shape index (κ3) is 3.86. The molecule has 0 bridgehead atoms. The molecule has 1 heterocycles. The van der Waals surface area contributed by atoms with E-state index in [-0.39, 0.29) is 5.82 Å². The molecule has 0 fully saturated rings. The maximum absolute atomic E-state index is 11.9. The summed E-state index contributed by atoms with van der Waals surface area (Å²) < 4.78 is 6.14. The lowest BCUT2D eigenvalue weighted by Crippen LogP contribution is -2.24. The Balaban J connectivity index is 2.40. The van der Waals surface area contributed by atoms with Crippen LogP contribution in [0.5, 0.6) is 0 Å². The minimum Gasteiger partial charge on any atom is -0.454 e. The fourth-order valence-electron chi connectivity index (χ4n) is 1.58. The molecule has 21 heavy (non-hydrogen) atoms. The summed E-state index contributed by atoms with van der Waals surface area (Å²) in [6.45, 7) is 5.16. The molecule has 2 rings (SSSR count). The van der Waals surface area contributed by atoms with E-state index < -0.39 is 17.3 Å². The summed E-state index contributed by atoms with van der Waals surface area (Å²) in [7, 11) is 0. The number of hydrogen-bond acceptors (Lipinski definition) is 4. The van der Waals surface area contributed by atoms with E-state index in [9.17, 15) is 9.59 Å². The monoisotopic (exact) mass is 329 g/mol. The lowest BCUT2D eigenvalue weighted by molar-refractivity contribution is 0.00557. The number of benzene rings is 1. The number of ether oxygens (including phenoxy) is 1. The highest BCUT2D eigenvalue weighted by atomic mass is 35.5. The third-order valence-corrected chi connectivity index (χ3v) is 2.74. The van der Waals surface area contributed by atoms with Crippen LogP contribution in [0.3, 0.4) is 0 Å². The standard InChI is InChI=1S/C13H13Cl2N3O3/c1-13(2,3)21-11(19)10-16-12(20)18(17-10)9-5-7(14)4-8(15)6-9/h4-6H,1-3H3,(H,16,17,20). The number of rotatable bonds is 2. The second kappa shape index (κ2) is 5.54. The summed E-state index contributed by atoms with van der Waals surface area (Å²) >= 11 is 11.8. The Hall–Kier alpha value is -1.79. The van der Waals surface area contributed by atoms with Gasteiger partial charge < -0.3 is 4.74 Å². The molecule has 0 radical (unpaired) electrons. The van der Waals surface area contributed by atoms with Gasteiger partial charge in [0.15, 0.2) is 0 Å². The Morgan fingerprint density at radius 1 is 1.24 bits per heavy atom. The van der Waals surface area contributed by atoms with Crippen molar-refractivity contribution in [3.05, 3.63) is 44.6 Å². The Kier molecular flexibility index (Phi) is 4.11. The minimum atomic E-state index is -0.716. The van der Waals surface area contributed by atoms with Gasteiger partial charge in [0.2, 0.25) is 5.82 Å². The molecule has 0 amide bonds. The predicted octanol–water partition coefficient (Wildman–Crippen LogP) is 2.82. The van der Waals surface area contributed by atoms with Crippen LogP contribution >= 0.6 is 23.2 Å². The highest BCUT2D eigenvalue weighted by Gasteiger charge is 2.22. The molecule has 1 N–H and O–H groups in total. The minimum absolute atomic E-state index is 0.189. The van der Waals surface area contributed by atoms with Gasteiger partial charge in [0.25, 0.3) is 0 Å². The van der Waals surface area contributed by atoms with Gasteiger partial charge in [-0.05, 0) is 39.0 Å². The second-order valence-corrected chi connectivity index (χ2v) is 6.19. The molecule has 2 aromatic rings. The highest BCUT2D eigenvalue weighted by Crippen LogP contribution is 2.20. The van der Waals surface area contributed by atoms with Crippen LogP contribution in [0.2, 0.25) is 10.0 Å². The van der Waals surface area contributed by atoms with Crippen LogP contribution in [-0.4, -0.2) is 26.3 Å². The summed E-state index contributed by atoms with van der Waals surface area (Å²) in [5, 5.41) is 4.61. The van der Waals surface area contributed by atoms with Crippen LogP contribution in [0.25, 0.3) is 5.69 Å². The number of carbonyl (C=O) groups is 1. The van der Waals surface area contributed by atoms with E-state index in [2.05, 4.69) is 10.1 Å². The van der Waals surface area contributed by atoms with Gasteiger partial charge in [0.05, 0.1) is 5.69 Å². The molecule has 8 heteroatoms. The normalized spacial score (nSPS) is 11.5. The van der Waals surface area contributed by atoms with Crippen molar-refractivity contribution in [2.75, 3.05) is 0 Å². The molecule has 0 aliphatic carbocycles. The lowest BCUT2D eigenvalue weighted by Gasteiger charge is -2.18. The van der Waals surface area contributed by atoms with Gasteiger partial charge in [0, 0.05) is 10.0 Å². The smallest absolute Gasteiger partial charge is 0.376 e. The summed E-state index contributed by atoms with van der Waals surface area (Å²) in [5.74, 6) is -0.905. The van der Waals surface area contributed by atoms with E-state index in [4.69, 9.17) is 27.9 Å². The highest BCUT2D eigenvalue weighted by molar-refractivity contribution is 6.34. The molecule has 0 spiro atoms. The molecule has 1 aromatic carbocycles. The number of aromatic amines is 1. The Morgan fingerprint density at radius 3 is 2.33 bits per heavy atom. The molecule has 6 nitrogen and oxygen atoms in total. The van der Waals surface area contributed by atoms with E-state index >= 15 is 0 Å². The van der Waals surface area contributed by atoms with E-state index in [0.29, 0.717) is 15.7 Å². The lowest BCUT2D eigenvalue weighted by atomic mass is 10.2. The summed E-state index contributed by atoms with van der Waals surface area (Å²) in [6.07, 6.45) is 0. The maximum atomic E-state index is 11.9. The molecule has 0 unspecified atom stereocenters. The van der Waals surface area contributed by atoms with Gasteiger partial charge in [-0.2, -0.15) is 4.68 Å². The average molecular weight is 330 g/mol. The number of carbonyl (C=O) groups excluding carboxylic acids is 1. The quantitative estimate of drug-likeness (QED) is 0.859. The zero-order valence-electron chi connectivity index (χ0n) is 11.6. The van der Waals surface area contributed by atoms with Crippen molar-refractivity contribution >= 4 is 29.2 Å². The fourth-order valence-corrected chi connectivity index (χ4v) is 2.09. The molecular formula is C13H13Cl2N3O3. The van der Waals surface area contributed by atoms with Crippen molar-refractivity contribution < 1.29 is 9.53 Å². The first-order valence-corrected chi connectivity index (χ1v) is 6.80. The molecular weight excluding hydrogens is 317 g/mol. The van der Waals surface area contributed by atoms with Gasteiger partial charge in [-0.1, -0.05) is 23.2 Å². The van der Waals surface area contributed by atoms with Gasteiger partial charge >= 0.3 is 11.7 Å². The van der Waals surface area contributed by atoms with Crippen molar-refractivity contribution in [2.45, 2.75) is 26.4 Å². The van der Waals surface area contributed by atoms with Crippen LogP contribution in [0.4, 0.5) is 0 Å². The van der Waals surface area contributed by atoms with Crippen LogP contribution < -0.4 is 5.69 Å². The van der Waals surface area contributed by atoms with Crippen molar-refractivity contribution in [1.29, 1.82) is 0 Å².